The molecule has 1 fully saturated rings. The fraction of sp³-hybridized carbons (Fsp3) is 0.500. The summed E-state index contributed by atoms with van der Waals surface area (Å²) < 4.78 is 1.03. The number of nitrogens with one attached hydrogen (secondary N) is 1. The molecule has 0 aromatic carbocycles. The Hall–Kier alpha value is -2.36. The van der Waals surface area contributed by atoms with E-state index in [-0.39, 0.29) is 23.8 Å². The summed E-state index contributed by atoms with van der Waals surface area (Å²) in [4.78, 5) is 17.8. The van der Waals surface area contributed by atoms with Gasteiger partial charge in [-0.3, -0.25) is 4.98 Å². The van der Waals surface area contributed by atoms with Gasteiger partial charge in [-0.05, 0) is 38.2 Å². The standard InChI is InChI=1S/C20H26N6O2S/c1-8(2)11-7-12(17(28)16(11)27)24-18-14(9(3)23-20(21)26-18)19-25-15-10(4)22-6-5-13(15)29-19/h5-6,8,11-12,16-17,27-28H,7H2,1-4H3,(H3,21,23,24,26)/t11-,12-,16-,17+/m1/s1. The summed E-state index contributed by atoms with van der Waals surface area (Å²) in [5, 5.41) is 25.1. The van der Waals surface area contributed by atoms with E-state index in [0.29, 0.717) is 17.9 Å². The van der Waals surface area contributed by atoms with Crippen molar-refractivity contribution in [1.82, 2.24) is 19.9 Å². The molecule has 154 valence electrons. The van der Waals surface area contributed by atoms with E-state index in [2.05, 4.69) is 34.1 Å². The van der Waals surface area contributed by atoms with Crippen molar-refractivity contribution < 1.29 is 10.2 Å². The second kappa shape index (κ2) is 7.47. The topological polar surface area (TPSA) is 130 Å². The summed E-state index contributed by atoms with van der Waals surface area (Å²) in [5.41, 5.74) is 9.10. The van der Waals surface area contributed by atoms with Crippen LogP contribution >= 0.6 is 11.3 Å². The number of fused-ring (bicyclic) bond motifs is 1. The average molecular weight is 415 g/mol. The van der Waals surface area contributed by atoms with Crippen LogP contribution < -0.4 is 11.1 Å². The Kier molecular flexibility index (Phi) is 5.14. The lowest BCUT2D eigenvalue weighted by Crippen LogP contribution is -2.36. The van der Waals surface area contributed by atoms with E-state index in [1.807, 2.05) is 19.9 Å². The van der Waals surface area contributed by atoms with E-state index in [1.54, 1.807) is 6.20 Å². The number of rotatable bonds is 4. The lowest BCUT2D eigenvalue weighted by atomic mass is 9.92. The monoisotopic (exact) mass is 414 g/mol. The number of nitrogens with two attached hydrogens (primary N) is 1. The van der Waals surface area contributed by atoms with Gasteiger partial charge in [-0.2, -0.15) is 4.98 Å². The molecule has 1 saturated carbocycles. The molecule has 9 heteroatoms. The summed E-state index contributed by atoms with van der Waals surface area (Å²) in [7, 11) is 0. The molecule has 3 aromatic heterocycles. The highest BCUT2D eigenvalue weighted by Crippen LogP contribution is 2.39. The van der Waals surface area contributed by atoms with Crippen LogP contribution in [0.2, 0.25) is 0 Å². The van der Waals surface area contributed by atoms with Crippen molar-refractivity contribution in [2.24, 2.45) is 11.8 Å². The molecule has 8 nitrogen and oxygen atoms in total. The molecule has 0 unspecified atom stereocenters. The predicted molar refractivity (Wildman–Crippen MR) is 115 cm³/mol. The molecule has 1 aliphatic rings. The molecule has 3 aromatic rings. The summed E-state index contributed by atoms with van der Waals surface area (Å²) in [6, 6.07) is 1.61. The number of nitrogen functional groups attached to an aromatic ring is 1. The first-order valence-electron chi connectivity index (χ1n) is 9.75. The lowest BCUT2D eigenvalue weighted by molar-refractivity contribution is 0.00750. The highest BCUT2D eigenvalue weighted by molar-refractivity contribution is 7.21. The molecule has 5 N–H and O–H groups in total. The SMILES string of the molecule is Cc1nc(N)nc(N[C@@H]2C[C@H](C(C)C)[C@@H](O)[C@H]2O)c1-c1nc2c(C)nccc2s1. The van der Waals surface area contributed by atoms with Crippen molar-refractivity contribution in [2.75, 3.05) is 11.1 Å². The molecule has 29 heavy (non-hydrogen) atoms. The zero-order valence-electron chi connectivity index (χ0n) is 16.9. The number of aryl methyl sites for hydroxylation is 2. The first-order chi connectivity index (χ1) is 13.8. The zero-order valence-corrected chi connectivity index (χ0v) is 17.7. The van der Waals surface area contributed by atoms with Crippen LogP contribution in [0.3, 0.4) is 0 Å². The number of nitrogens with zero attached hydrogens (tertiary/aromatic N) is 4. The molecule has 0 aliphatic heterocycles. The van der Waals surface area contributed by atoms with Gasteiger partial charge < -0.3 is 21.3 Å². The van der Waals surface area contributed by atoms with E-state index < -0.39 is 12.2 Å². The van der Waals surface area contributed by atoms with Crippen LogP contribution in [0.1, 0.15) is 31.7 Å². The highest BCUT2D eigenvalue weighted by atomic mass is 32.1. The van der Waals surface area contributed by atoms with Crippen LogP contribution in [0.15, 0.2) is 12.3 Å². The van der Waals surface area contributed by atoms with E-state index in [0.717, 1.165) is 26.5 Å². The Balaban J connectivity index is 1.75. The molecule has 1 aliphatic carbocycles. The van der Waals surface area contributed by atoms with Gasteiger partial charge in [-0.25, -0.2) is 9.97 Å². The third-order valence-corrected chi connectivity index (χ3v) is 6.75. The Labute approximate surface area is 173 Å². The van der Waals surface area contributed by atoms with Gasteiger partial charge in [0.1, 0.15) is 22.4 Å². The second-order valence-electron chi connectivity index (χ2n) is 8.03. The average Bonchev–Trinajstić information content (AvgIpc) is 3.19. The van der Waals surface area contributed by atoms with Gasteiger partial charge in [0.05, 0.1) is 33.8 Å². The summed E-state index contributed by atoms with van der Waals surface area (Å²) in [6.07, 6.45) is 0.764. The maximum Gasteiger partial charge on any atom is 0.222 e. The third-order valence-electron chi connectivity index (χ3n) is 5.72. The predicted octanol–water partition coefficient (Wildman–Crippen LogP) is 2.53. The van der Waals surface area contributed by atoms with Gasteiger partial charge >= 0.3 is 0 Å². The zero-order chi connectivity index (χ0) is 20.9. The van der Waals surface area contributed by atoms with Gasteiger partial charge in [-0.15, -0.1) is 11.3 Å². The molecule has 4 atom stereocenters. The smallest absolute Gasteiger partial charge is 0.222 e. The minimum Gasteiger partial charge on any atom is -0.390 e. The fourth-order valence-electron chi connectivity index (χ4n) is 4.09. The van der Waals surface area contributed by atoms with E-state index in [9.17, 15) is 10.2 Å². The molecule has 0 saturated heterocycles. The number of thiazole rings is 1. The maximum absolute atomic E-state index is 10.6. The van der Waals surface area contributed by atoms with Gasteiger partial charge in [0.25, 0.3) is 0 Å². The first kappa shape index (κ1) is 19.9. The number of anilines is 2. The number of hydrogen-bond donors (Lipinski definition) is 4. The number of aliphatic hydroxyl groups is 2. The molecule has 0 radical (unpaired) electrons. The largest absolute Gasteiger partial charge is 0.390 e. The van der Waals surface area contributed by atoms with Gasteiger partial charge in [0.2, 0.25) is 5.95 Å². The minimum atomic E-state index is -0.881. The third kappa shape index (κ3) is 3.54. The molecular weight excluding hydrogens is 388 g/mol. The van der Waals surface area contributed by atoms with Crippen LogP contribution in [0, 0.1) is 25.7 Å². The molecular formula is C20H26N6O2S. The van der Waals surface area contributed by atoms with E-state index in [1.165, 1.54) is 11.3 Å². The van der Waals surface area contributed by atoms with Crippen LogP contribution in [0.4, 0.5) is 11.8 Å². The Morgan fingerprint density at radius 2 is 1.90 bits per heavy atom. The first-order valence-corrected chi connectivity index (χ1v) is 10.6. The van der Waals surface area contributed by atoms with Crippen molar-refractivity contribution in [1.29, 1.82) is 0 Å². The second-order valence-corrected chi connectivity index (χ2v) is 9.06. The Morgan fingerprint density at radius 3 is 2.55 bits per heavy atom. The Morgan fingerprint density at radius 1 is 1.14 bits per heavy atom. The van der Waals surface area contributed by atoms with Crippen LogP contribution in [0.25, 0.3) is 20.8 Å². The number of aliphatic hydroxyl groups excluding tert-OH is 2. The quantitative estimate of drug-likeness (QED) is 0.512. The number of pyridine rings is 1. The van der Waals surface area contributed by atoms with Gasteiger partial charge in [-0.1, -0.05) is 13.8 Å². The highest BCUT2D eigenvalue weighted by Gasteiger charge is 2.43. The van der Waals surface area contributed by atoms with Crippen LogP contribution in [0.5, 0.6) is 0 Å². The van der Waals surface area contributed by atoms with Gasteiger partial charge in [0.15, 0.2) is 0 Å². The number of hydrogen-bond acceptors (Lipinski definition) is 9. The summed E-state index contributed by atoms with van der Waals surface area (Å²) >= 11 is 1.54. The lowest BCUT2D eigenvalue weighted by Gasteiger charge is -2.20. The van der Waals surface area contributed by atoms with E-state index in [4.69, 9.17) is 10.7 Å². The molecule has 0 spiro atoms. The van der Waals surface area contributed by atoms with Crippen molar-refractivity contribution >= 4 is 33.3 Å². The van der Waals surface area contributed by atoms with Gasteiger partial charge in [0, 0.05) is 6.20 Å². The molecule has 4 rings (SSSR count). The number of aromatic nitrogens is 4. The fourth-order valence-corrected chi connectivity index (χ4v) is 5.20. The molecule has 0 amide bonds. The van der Waals surface area contributed by atoms with Crippen molar-refractivity contribution in [3.63, 3.8) is 0 Å². The van der Waals surface area contributed by atoms with Crippen molar-refractivity contribution in [2.45, 2.75) is 52.4 Å². The Bertz CT molecular complexity index is 1050. The normalized spacial score (nSPS) is 24.5. The summed E-state index contributed by atoms with van der Waals surface area (Å²) in [6.45, 7) is 7.91. The van der Waals surface area contributed by atoms with Crippen LogP contribution in [-0.2, 0) is 0 Å². The summed E-state index contributed by atoms with van der Waals surface area (Å²) in [5.74, 6) is 0.965. The van der Waals surface area contributed by atoms with Crippen LogP contribution in [-0.4, -0.2) is 48.4 Å². The maximum atomic E-state index is 10.6. The minimum absolute atomic E-state index is 0.0161. The van der Waals surface area contributed by atoms with Crippen molar-refractivity contribution in [3.8, 4) is 10.6 Å². The molecule has 0 bridgehead atoms. The van der Waals surface area contributed by atoms with E-state index >= 15 is 0 Å². The van der Waals surface area contributed by atoms with Crippen molar-refractivity contribution in [3.05, 3.63) is 23.7 Å². The molecule has 3 heterocycles.